The molecule has 188 valence electrons. The molecule has 0 atom stereocenters. The van der Waals surface area contributed by atoms with Crippen molar-refractivity contribution in [2.24, 2.45) is 0 Å². The fourth-order valence-electron chi connectivity index (χ4n) is 5.59. The first-order valence-corrected chi connectivity index (χ1v) is 13.2. The number of aryl methyl sites for hydroxylation is 1. The summed E-state index contributed by atoms with van der Waals surface area (Å²) in [6, 6.07) is 19.3. The molecule has 2 aromatic heterocycles. The van der Waals surface area contributed by atoms with Crippen LogP contribution in [0.1, 0.15) is 59.3 Å². The van der Waals surface area contributed by atoms with Crippen molar-refractivity contribution in [2.45, 2.75) is 58.0 Å². The van der Waals surface area contributed by atoms with Gasteiger partial charge in [-0.15, -0.1) is 0 Å². The minimum absolute atomic E-state index is 0.0606. The summed E-state index contributed by atoms with van der Waals surface area (Å²) in [5.74, 6) is 0.567. The van der Waals surface area contributed by atoms with Gasteiger partial charge < -0.3 is 10.2 Å². The number of fused-ring (bicyclic) bond motifs is 2. The number of benzene rings is 2. The Morgan fingerprint density at radius 1 is 0.919 bits per heavy atom. The predicted octanol–water partition coefficient (Wildman–Crippen LogP) is 4.71. The van der Waals surface area contributed by atoms with Gasteiger partial charge in [0.05, 0.1) is 11.4 Å². The number of hydrogen-bond donors (Lipinski definition) is 1. The number of amides is 1. The minimum Gasteiger partial charge on any atom is -0.349 e. The van der Waals surface area contributed by atoms with Crippen LogP contribution in [0.15, 0.2) is 65.5 Å². The normalized spacial score (nSPS) is 16.0. The number of pyridine rings is 1. The van der Waals surface area contributed by atoms with E-state index < -0.39 is 0 Å². The van der Waals surface area contributed by atoms with Crippen molar-refractivity contribution in [3.05, 3.63) is 93.4 Å². The Morgan fingerprint density at radius 2 is 1.68 bits per heavy atom. The number of carbonyl (C=O) groups excluding carboxylic acids is 1. The zero-order valence-electron chi connectivity index (χ0n) is 21.1. The molecule has 1 saturated carbocycles. The number of anilines is 1. The van der Waals surface area contributed by atoms with Gasteiger partial charge >= 0.3 is 0 Å². The zero-order chi connectivity index (χ0) is 25.4. The molecule has 1 N–H and O–H groups in total. The van der Waals surface area contributed by atoms with Gasteiger partial charge in [-0.3, -0.25) is 14.2 Å². The maximum absolute atomic E-state index is 13.1. The number of carbonyl (C=O) groups is 1. The fourth-order valence-corrected chi connectivity index (χ4v) is 5.59. The van der Waals surface area contributed by atoms with Crippen LogP contribution in [0, 0.1) is 6.92 Å². The van der Waals surface area contributed by atoms with Gasteiger partial charge in [0.25, 0.3) is 11.5 Å². The maximum Gasteiger partial charge on any atom is 0.256 e. The number of nitrogens with one attached hydrogen (secondary N) is 1. The standard InChI is InChI=1S/C30H31N5O2/c1-20-26-15-16-27(36)35(25-13-11-22(12-14-25)29(37)32-24-9-3-2-4-10-24)28(26)33-30(31-20)34-18-17-21-7-5-6-8-23(21)19-34/h5-8,11-16,24H,2-4,9-10,17-19H2,1H3,(H,32,37). The van der Waals surface area contributed by atoms with E-state index in [2.05, 4.69) is 34.5 Å². The van der Waals surface area contributed by atoms with Crippen LogP contribution in [-0.2, 0) is 13.0 Å². The largest absolute Gasteiger partial charge is 0.349 e. The molecule has 6 rings (SSSR count). The van der Waals surface area contributed by atoms with Gasteiger partial charge in [0, 0.05) is 36.1 Å². The Bertz CT molecular complexity index is 1520. The van der Waals surface area contributed by atoms with Crippen LogP contribution in [0.3, 0.4) is 0 Å². The van der Waals surface area contributed by atoms with Gasteiger partial charge in [-0.2, -0.15) is 4.98 Å². The quantitative estimate of drug-likeness (QED) is 0.445. The molecular weight excluding hydrogens is 462 g/mol. The zero-order valence-corrected chi connectivity index (χ0v) is 21.1. The summed E-state index contributed by atoms with van der Waals surface area (Å²) < 4.78 is 1.62. The Labute approximate surface area is 216 Å². The smallest absolute Gasteiger partial charge is 0.256 e. The molecule has 0 spiro atoms. The molecule has 0 saturated heterocycles. The van der Waals surface area contributed by atoms with Gasteiger partial charge in [-0.05, 0) is 67.6 Å². The summed E-state index contributed by atoms with van der Waals surface area (Å²) in [5.41, 5.74) is 5.16. The third-order valence-corrected chi connectivity index (χ3v) is 7.67. The highest BCUT2D eigenvalue weighted by molar-refractivity contribution is 5.94. The molecule has 2 aliphatic rings. The molecule has 1 fully saturated rings. The molecule has 4 aromatic rings. The summed E-state index contributed by atoms with van der Waals surface area (Å²) in [6.07, 6.45) is 6.60. The monoisotopic (exact) mass is 493 g/mol. The molecule has 1 aliphatic carbocycles. The van der Waals surface area contributed by atoms with Crippen LogP contribution >= 0.6 is 0 Å². The molecule has 2 aromatic carbocycles. The van der Waals surface area contributed by atoms with Crippen LogP contribution in [-0.4, -0.2) is 33.0 Å². The van der Waals surface area contributed by atoms with Crippen LogP contribution in [0.25, 0.3) is 16.7 Å². The van der Waals surface area contributed by atoms with Gasteiger partial charge in [-0.25, -0.2) is 4.98 Å². The Balaban J connectivity index is 1.33. The predicted molar refractivity (Wildman–Crippen MR) is 145 cm³/mol. The first kappa shape index (κ1) is 23.4. The fraction of sp³-hybridized carbons (Fsp3) is 0.333. The Morgan fingerprint density at radius 3 is 2.46 bits per heavy atom. The summed E-state index contributed by atoms with van der Waals surface area (Å²) in [6.45, 7) is 3.52. The second-order valence-corrected chi connectivity index (χ2v) is 10.1. The molecule has 3 heterocycles. The van der Waals surface area contributed by atoms with Crippen molar-refractivity contribution in [3.8, 4) is 5.69 Å². The first-order valence-electron chi connectivity index (χ1n) is 13.2. The van der Waals surface area contributed by atoms with E-state index in [-0.39, 0.29) is 17.5 Å². The van der Waals surface area contributed by atoms with Crippen LogP contribution < -0.4 is 15.8 Å². The van der Waals surface area contributed by atoms with E-state index in [0.29, 0.717) is 22.8 Å². The van der Waals surface area contributed by atoms with Crippen LogP contribution in [0.5, 0.6) is 0 Å². The molecule has 0 unspecified atom stereocenters. The van der Waals surface area contributed by atoms with E-state index in [1.54, 1.807) is 28.8 Å². The molecule has 1 amide bonds. The van der Waals surface area contributed by atoms with Crippen molar-refractivity contribution in [1.29, 1.82) is 0 Å². The highest BCUT2D eigenvalue weighted by atomic mass is 16.1. The molecule has 0 bridgehead atoms. The minimum atomic E-state index is -0.167. The van der Waals surface area contributed by atoms with Gasteiger partial charge in [-0.1, -0.05) is 43.5 Å². The molecule has 1 aliphatic heterocycles. The van der Waals surface area contributed by atoms with E-state index in [1.165, 1.54) is 30.4 Å². The van der Waals surface area contributed by atoms with Crippen molar-refractivity contribution in [1.82, 2.24) is 19.9 Å². The van der Waals surface area contributed by atoms with Crippen molar-refractivity contribution in [2.75, 3.05) is 11.4 Å². The van der Waals surface area contributed by atoms with E-state index in [1.807, 2.05) is 19.1 Å². The molecule has 7 nitrogen and oxygen atoms in total. The Hall–Kier alpha value is -4.00. The van der Waals surface area contributed by atoms with Gasteiger partial charge in [0.15, 0.2) is 5.65 Å². The highest BCUT2D eigenvalue weighted by Gasteiger charge is 2.21. The lowest BCUT2D eigenvalue weighted by Crippen LogP contribution is -2.36. The van der Waals surface area contributed by atoms with Crippen molar-refractivity contribution < 1.29 is 4.79 Å². The van der Waals surface area contributed by atoms with Gasteiger partial charge in [0.2, 0.25) is 5.95 Å². The average Bonchev–Trinajstić information content (AvgIpc) is 2.93. The van der Waals surface area contributed by atoms with E-state index in [4.69, 9.17) is 9.97 Å². The van der Waals surface area contributed by atoms with E-state index in [0.717, 1.165) is 43.4 Å². The first-order chi connectivity index (χ1) is 18.1. The topological polar surface area (TPSA) is 80.1 Å². The average molecular weight is 494 g/mol. The third kappa shape index (κ3) is 4.61. The number of aromatic nitrogens is 3. The molecule has 0 radical (unpaired) electrons. The van der Waals surface area contributed by atoms with Crippen LogP contribution in [0.4, 0.5) is 5.95 Å². The van der Waals surface area contributed by atoms with Crippen molar-refractivity contribution in [3.63, 3.8) is 0 Å². The summed E-state index contributed by atoms with van der Waals surface area (Å²) in [7, 11) is 0. The molecule has 7 heteroatoms. The summed E-state index contributed by atoms with van der Waals surface area (Å²) in [4.78, 5) is 37.8. The second kappa shape index (κ2) is 9.81. The lowest BCUT2D eigenvalue weighted by Gasteiger charge is -2.29. The van der Waals surface area contributed by atoms with Gasteiger partial charge in [0.1, 0.15) is 0 Å². The Kier molecular flexibility index (Phi) is 6.20. The second-order valence-electron chi connectivity index (χ2n) is 10.1. The SMILES string of the molecule is Cc1nc(N2CCc3ccccc3C2)nc2c1ccc(=O)n2-c1ccc(C(=O)NC2CCCCC2)cc1. The summed E-state index contributed by atoms with van der Waals surface area (Å²) >= 11 is 0. The lowest BCUT2D eigenvalue weighted by atomic mass is 9.95. The number of rotatable bonds is 4. The third-order valence-electron chi connectivity index (χ3n) is 7.67. The van der Waals surface area contributed by atoms with Crippen molar-refractivity contribution >= 4 is 22.9 Å². The highest BCUT2D eigenvalue weighted by Crippen LogP contribution is 2.25. The number of hydrogen-bond acceptors (Lipinski definition) is 5. The van der Waals surface area contributed by atoms with E-state index >= 15 is 0 Å². The molecular formula is C30H31N5O2. The number of nitrogens with zero attached hydrogens (tertiary/aromatic N) is 4. The summed E-state index contributed by atoms with van der Waals surface area (Å²) in [5, 5.41) is 3.99. The molecule has 37 heavy (non-hydrogen) atoms. The van der Waals surface area contributed by atoms with Crippen LogP contribution in [0.2, 0.25) is 0 Å². The maximum atomic E-state index is 13.1. The van der Waals surface area contributed by atoms with E-state index in [9.17, 15) is 9.59 Å². The lowest BCUT2D eigenvalue weighted by molar-refractivity contribution is 0.0927.